The summed E-state index contributed by atoms with van der Waals surface area (Å²) in [5.41, 5.74) is 1.98. The zero-order valence-electron chi connectivity index (χ0n) is 18.2. The molecule has 5 nitrogen and oxygen atoms in total. The van der Waals surface area contributed by atoms with Gasteiger partial charge in [0.25, 0.3) is 0 Å². The van der Waals surface area contributed by atoms with Gasteiger partial charge in [-0.05, 0) is 23.8 Å². The van der Waals surface area contributed by atoms with Gasteiger partial charge in [-0.25, -0.2) is 0 Å². The quantitative estimate of drug-likeness (QED) is 0.661. The Balaban J connectivity index is 1.41. The Bertz CT molecular complexity index is 1220. The number of hydrogen-bond acceptors (Lipinski definition) is 4. The fourth-order valence-electron chi connectivity index (χ4n) is 5.32. The van der Waals surface area contributed by atoms with Gasteiger partial charge < -0.3 is 19.1 Å². The summed E-state index contributed by atoms with van der Waals surface area (Å²) in [7, 11) is 0. The van der Waals surface area contributed by atoms with Crippen molar-refractivity contribution in [2.75, 3.05) is 24.7 Å². The van der Waals surface area contributed by atoms with Crippen LogP contribution in [0.2, 0.25) is 0 Å². The smallest absolute Gasteiger partial charge is 0.425 e. The van der Waals surface area contributed by atoms with E-state index < -0.39 is 17.7 Å². The van der Waals surface area contributed by atoms with Gasteiger partial charge in [0, 0.05) is 34.7 Å². The molecule has 2 aromatic rings. The highest BCUT2D eigenvalue weighted by atomic mass is 19.4. The first-order valence-electron chi connectivity index (χ1n) is 10.9. The molecule has 0 saturated heterocycles. The molecule has 0 N–H and O–H groups in total. The van der Waals surface area contributed by atoms with Crippen LogP contribution in [0.25, 0.3) is 0 Å². The number of fused-ring (bicyclic) bond motifs is 5. The van der Waals surface area contributed by atoms with E-state index in [0.29, 0.717) is 18.0 Å². The van der Waals surface area contributed by atoms with E-state index in [1.165, 1.54) is 11.0 Å². The number of para-hydroxylation sites is 1. The zero-order chi connectivity index (χ0) is 23.2. The molecule has 0 aliphatic carbocycles. The Kier molecular flexibility index (Phi) is 4.00. The average Bonchev–Trinajstić information content (AvgIpc) is 3.50. The summed E-state index contributed by atoms with van der Waals surface area (Å²) in [6.45, 7) is 4.79. The number of alkyl halides is 3. The van der Waals surface area contributed by atoms with Gasteiger partial charge in [-0.15, -0.1) is 0 Å². The van der Waals surface area contributed by atoms with Crippen LogP contribution in [0.1, 0.15) is 37.0 Å². The highest BCUT2D eigenvalue weighted by Gasteiger charge is 2.58. The van der Waals surface area contributed by atoms with E-state index in [2.05, 4.69) is 13.8 Å². The lowest BCUT2D eigenvalue weighted by atomic mass is 9.75. The van der Waals surface area contributed by atoms with E-state index in [-0.39, 0.29) is 36.7 Å². The van der Waals surface area contributed by atoms with Crippen LogP contribution in [0.15, 0.2) is 48.2 Å². The summed E-state index contributed by atoms with van der Waals surface area (Å²) in [5, 5.41) is 0. The molecule has 2 aromatic carbocycles. The van der Waals surface area contributed by atoms with Crippen molar-refractivity contribution < 1.29 is 32.2 Å². The molecule has 0 bridgehead atoms. The van der Waals surface area contributed by atoms with Gasteiger partial charge in [0.2, 0.25) is 5.91 Å². The highest BCUT2D eigenvalue weighted by Crippen LogP contribution is 2.55. The van der Waals surface area contributed by atoms with Crippen molar-refractivity contribution in [2.45, 2.75) is 43.4 Å². The summed E-state index contributed by atoms with van der Waals surface area (Å²) < 4.78 is 56.2. The second-order valence-corrected chi connectivity index (χ2v) is 9.67. The molecular formula is C25H22F3NO4. The molecule has 4 aliphatic heterocycles. The van der Waals surface area contributed by atoms with Crippen LogP contribution < -0.4 is 14.4 Å². The number of carbonyl (C=O) groups excluding carboxylic acids is 1. The topological polar surface area (TPSA) is 48.0 Å². The number of ether oxygens (including phenoxy) is 3. The van der Waals surface area contributed by atoms with Gasteiger partial charge in [-0.2, -0.15) is 13.2 Å². The maximum absolute atomic E-state index is 14.0. The predicted octanol–water partition coefficient (Wildman–Crippen LogP) is 4.62. The fourth-order valence-corrected chi connectivity index (χ4v) is 5.32. The largest absolute Gasteiger partial charge is 0.492 e. The molecule has 2 unspecified atom stereocenters. The molecule has 0 aromatic heterocycles. The van der Waals surface area contributed by atoms with Crippen LogP contribution in [0.4, 0.5) is 18.9 Å². The van der Waals surface area contributed by atoms with Crippen LogP contribution in [-0.2, 0) is 20.4 Å². The minimum absolute atomic E-state index is 0.0565. The van der Waals surface area contributed by atoms with Gasteiger partial charge in [0.1, 0.15) is 29.3 Å². The Labute approximate surface area is 188 Å². The summed E-state index contributed by atoms with van der Waals surface area (Å²) in [5.74, 6) is 1.29. The predicted molar refractivity (Wildman–Crippen MR) is 114 cm³/mol. The molecule has 6 rings (SSSR count). The maximum atomic E-state index is 14.0. The van der Waals surface area contributed by atoms with Crippen LogP contribution in [0.5, 0.6) is 11.5 Å². The number of amides is 1. The van der Waals surface area contributed by atoms with E-state index >= 15 is 0 Å². The molecule has 0 saturated carbocycles. The van der Waals surface area contributed by atoms with Crippen molar-refractivity contribution in [1.29, 1.82) is 0 Å². The van der Waals surface area contributed by atoms with Gasteiger partial charge in [-0.3, -0.25) is 4.79 Å². The monoisotopic (exact) mass is 457 g/mol. The molecule has 0 fully saturated rings. The number of benzene rings is 2. The van der Waals surface area contributed by atoms with E-state index in [1.54, 1.807) is 0 Å². The second-order valence-electron chi connectivity index (χ2n) is 9.67. The molecule has 0 radical (unpaired) electrons. The van der Waals surface area contributed by atoms with Crippen molar-refractivity contribution in [3.63, 3.8) is 0 Å². The number of anilines is 1. The van der Waals surface area contributed by atoms with E-state index in [4.69, 9.17) is 14.2 Å². The van der Waals surface area contributed by atoms with Crippen LogP contribution in [0, 0.1) is 0 Å². The van der Waals surface area contributed by atoms with Gasteiger partial charge in [0.15, 0.2) is 6.10 Å². The summed E-state index contributed by atoms with van der Waals surface area (Å²) in [4.78, 5) is 15.5. The van der Waals surface area contributed by atoms with Crippen molar-refractivity contribution in [2.24, 2.45) is 0 Å². The zero-order valence-corrected chi connectivity index (χ0v) is 18.2. The summed E-state index contributed by atoms with van der Waals surface area (Å²) in [6.07, 6.45) is -5.14. The highest BCUT2D eigenvalue weighted by molar-refractivity contribution is 6.11. The average molecular weight is 457 g/mol. The summed E-state index contributed by atoms with van der Waals surface area (Å²) >= 11 is 0. The van der Waals surface area contributed by atoms with Crippen LogP contribution in [0.3, 0.4) is 0 Å². The van der Waals surface area contributed by atoms with Gasteiger partial charge in [-0.1, -0.05) is 32.0 Å². The molecule has 8 heteroatoms. The first kappa shape index (κ1) is 20.4. The third kappa shape index (κ3) is 2.75. The van der Waals surface area contributed by atoms with Crippen molar-refractivity contribution in [3.05, 3.63) is 64.9 Å². The number of nitrogens with zero attached hydrogens (tertiary/aromatic N) is 1. The number of hydrogen-bond donors (Lipinski definition) is 0. The molecule has 1 spiro atoms. The number of halogens is 3. The number of carbonyl (C=O) groups is 1. The third-order valence-electron chi connectivity index (χ3n) is 7.10. The lowest BCUT2D eigenvalue weighted by Crippen LogP contribution is -2.43. The lowest BCUT2D eigenvalue weighted by Gasteiger charge is -2.25. The van der Waals surface area contributed by atoms with Crippen molar-refractivity contribution in [3.8, 4) is 11.5 Å². The normalized spacial score (nSPS) is 26.5. The Hall–Kier alpha value is -3.16. The lowest BCUT2D eigenvalue weighted by molar-refractivity contribution is -0.202. The standard InChI is InChI=1S/C25H22F3NO4/c1-23(2)12-31-19-10-20-17(9-16(19)23)24(13-32-20)15-5-3-4-6-18(15)29(22(24)30)11-14-7-8-21(33-14)25(26,27)28/h3-7,9-10,21H,8,11-13H2,1-2H3. The minimum Gasteiger partial charge on any atom is -0.492 e. The maximum Gasteiger partial charge on any atom is 0.425 e. The third-order valence-corrected chi connectivity index (χ3v) is 7.10. The second kappa shape index (κ2) is 6.46. The molecule has 33 heavy (non-hydrogen) atoms. The summed E-state index contributed by atoms with van der Waals surface area (Å²) in [6, 6.07) is 11.2. The molecule has 4 heterocycles. The van der Waals surface area contributed by atoms with Gasteiger partial charge in [0.05, 0.1) is 13.2 Å². The van der Waals surface area contributed by atoms with Crippen LogP contribution in [-0.4, -0.2) is 37.9 Å². The molecule has 1 amide bonds. The molecule has 2 atom stereocenters. The van der Waals surface area contributed by atoms with E-state index in [0.717, 1.165) is 22.4 Å². The van der Waals surface area contributed by atoms with Crippen LogP contribution >= 0.6 is 0 Å². The number of rotatable bonds is 2. The first-order valence-corrected chi connectivity index (χ1v) is 10.9. The van der Waals surface area contributed by atoms with Crippen molar-refractivity contribution in [1.82, 2.24) is 0 Å². The first-order chi connectivity index (χ1) is 15.6. The minimum atomic E-state index is -4.44. The van der Waals surface area contributed by atoms with E-state index in [1.807, 2.05) is 36.4 Å². The molecular weight excluding hydrogens is 435 g/mol. The molecule has 4 aliphatic rings. The molecule has 172 valence electrons. The fraction of sp³-hybridized carbons (Fsp3) is 0.400. The Morgan fingerprint density at radius 3 is 2.52 bits per heavy atom. The Morgan fingerprint density at radius 2 is 1.76 bits per heavy atom. The van der Waals surface area contributed by atoms with E-state index in [9.17, 15) is 18.0 Å². The van der Waals surface area contributed by atoms with Gasteiger partial charge >= 0.3 is 6.18 Å². The SMILES string of the molecule is CC1(C)COc2cc3c(cc21)C1(CO3)C(=O)N(CC2=CCC(C(F)(F)F)O2)c2ccccc21. The van der Waals surface area contributed by atoms with Crippen molar-refractivity contribution >= 4 is 11.6 Å². The Morgan fingerprint density at radius 1 is 1.03 bits per heavy atom.